The highest BCUT2D eigenvalue weighted by Crippen LogP contribution is 2.45. The summed E-state index contributed by atoms with van der Waals surface area (Å²) in [5.74, 6) is -3.12. The highest BCUT2D eigenvalue weighted by atomic mass is 16.7. The summed E-state index contributed by atoms with van der Waals surface area (Å²) in [6.45, 7) is 19.6. The molecule has 3 aromatic rings. The van der Waals surface area contributed by atoms with E-state index in [0.717, 1.165) is 37.2 Å². The van der Waals surface area contributed by atoms with Crippen molar-refractivity contribution in [1.29, 1.82) is 0 Å². The summed E-state index contributed by atoms with van der Waals surface area (Å²) >= 11 is 0. The number of carbonyl (C=O) groups excluding carboxylic acids is 1. The number of methoxy groups -OCH3 is 1. The maximum atomic E-state index is 14.6. The van der Waals surface area contributed by atoms with Crippen molar-refractivity contribution in [1.82, 2.24) is 39.8 Å². The van der Waals surface area contributed by atoms with Gasteiger partial charge in [0.2, 0.25) is 0 Å². The third kappa shape index (κ3) is 14.0. The van der Waals surface area contributed by atoms with E-state index in [-0.39, 0.29) is 43.9 Å². The van der Waals surface area contributed by atoms with Crippen LogP contribution in [-0.4, -0.2) is 195 Å². The van der Waals surface area contributed by atoms with Crippen LogP contribution in [0.4, 0.5) is 0 Å². The summed E-state index contributed by atoms with van der Waals surface area (Å²) < 4.78 is 35.8. The quantitative estimate of drug-likeness (QED) is 0.0888. The molecule has 18 atom stereocenters. The van der Waals surface area contributed by atoms with Crippen molar-refractivity contribution in [2.24, 2.45) is 23.7 Å². The molecule has 418 valence electrons. The number of hydrogen-bond acceptors (Lipinski definition) is 18. The maximum Gasteiger partial charge on any atom is 0.309 e. The van der Waals surface area contributed by atoms with Crippen LogP contribution in [0, 0.1) is 23.7 Å². The van der Waals surface area contributed by atoms with Gasteiger partial charge in [-0.25, -0.2) is 4.68 Å². The Morgan fingerprint density at radius 3 is 2.23 bits per heavy atom. The number of cyclic esters (lactones) is 1. The van der Waals surface area contributed by atoms with Crippen LogP contribution in [0.1, 0.15) is 125 Å². The number of aryl methyl sites for hydroxylation is 2. The Morgan fingerprint density at radius 2 is 1.58 bits per heavy atom. The van der Waals surface area contributed by atoms with E-state index >= 15 is 0 Å². The highest BCUT2D eigenvalue weighted by Gasteiger charge is 2.55. The highest BCUT2D eigenvalue weighted by molar-refractivity contribution is 5.73. The Kier molecular flexibility index (Phi) is 20.4. The number of aromatic nitrogens is 6. The van der Waals surface area contributed by atoms with Gasteiger partial charge in [0.25, 0.3) is 0 Å². The fraction of sp³-hybridized carbons (Fsp3) is 0.796. The molecule has 6 rings (SSSR count). The van der Waals surface area contributed by atoms with Gasteiger partial charge in [0, 0.05) is 63.8 Å². The van der Waals surface area contributed by atoms with E-state index in [1.54, 1.807) is 38.6 Å². The molecular weight excluding hydrogens is 953 g/mol. The van der Waals surface area contributed by atoms with Crippen LogP contribution in [0.25, 0.3) is 5.69 Å². The first kappa shape index (κ1) is 59.7. The number of esters is 1. The van der Waals surface area contributed by atoms with Crippen LogP contribution in [0.3, 0.4) is 0 Å². The lowest BCUT2D eigenvalue weighted by atomic mass is 9.68. The molecule has 74 heavy (non-hydrogen) atoms. The Labute approximate surface area is 438 Å². The molecule has 5 heterocycles. The predicted octanol–water partition coefficient (Wildman–Crippen LogP) is 3.47. The number of rotatable bonds is 16. The Morgan fingerprint density at radius 1 is 0.892 bits per heavy atom. The van der Waals surface area contributed by atoms with E-state index in [1.165, 1.54) is 19.6 Å². The van der Waals surface area contributed by atoms with Crippen molar-refractivity contribution in [2.45, 2.75) is 218 Å². The molecule has 2 aromatic heterocycles. The van der Waals surface area contributed by atoms with Crippen LogP contribution in [-0.2, 0) is 54.5 Å². The molecule has 0 saturated carbocycles. The van der Waals surface area contributed by atoms with E-state index in [9.17, 15) is 35.4 Å². The minimum atomic E-state index is -1.81. The van der Waals surface area contributed by atoms with Crippen molar-refractivity contribution >= 4 is 5.97 Å². The summed E-state index contributed by atoms with van der Waals surface area (Å²) in [6, 6.07) is 7.20. The van der Waals surface area contributed by atoms with Gasteiger partial charge in [0.15, 0.2) is 6.29 Å². The zero-order valence-electron chi connectivity index (χ0n) is 46.3. The first-order valence-electron chi connectivity index (χ1n) is 27.0. The number of ether oxygens (including phenoxy) is 5. The third-order valence-electron chi connectivity index (χ3n) is 16.8. The summed E-state index contributed by atoms with van der Waals surface area (Å²) in [6.07, 6.45) is -0.202. The average molecular weight is 1040 g/mol. The van der Waals surface area contributed by atoms with Gasteiger partial charge < -0.3 is 64.1 Å². The number of aliphatic hydroxyl groups excluding tert-OH is 4. The van der Waals surface area contributed by atoms with Crippen molar-refractivity contribution in [3.63, 3.8) is 0 Å². The summed E-state index contributed by atoms with van der Waals surface area (Å²) in [5, 5.41) is 86.3. The molecule has 0 spiro atoms. The van der Waals surface area contributed by atoms with E-state index in [2.05, 4.69) is 37.7 Å². The van der Waals surface area contributed by atoms with Crippen LogP contribution >= 0.6 is 0 Å². The molecular formula is C54H90N8O12. The van der Waals surface area contributed by atoms with Crippen molar-refractivity contribution in [2.75, 3.05) is 34.3 Å². The lowest BCUT2D eigenvalue weighted by molar-refractivity contribution is -0.302. The van der Waals surface area contributed by atoms with Crippen LogP contribution in [0.15, 0.2) is 36.7 Å². The molecule has 6 N–H and O–H groups in total. The molecule has 0 bridgehead atoms. The van der Waals surface area contributed by atoms with Crippen LogP contribution in [0.2, 0.25) is 0 Å². The van der Waals surface area contributed by atoms with Crippen LogP contribution in [0.5, 0.6) is 0 Å². The standard InChI is InChI=1S/C54H90N8O12/c1-14-44-54(10,69)47(65)36(6)60(12)28-32(2)26-52(8,68)49(34(4)45(35(5)50(67)73-44)43-27-53(9,70-13)48(66)37(7)72-43)74-51-46(64)42(25-33(3)71-51)59(11)24-22-39-29-61(57-55-39)23-16-15-17-38-18-20-41(21-19-38)62-30-40(31-63)56-58-62/h18-21,29-30,32-37,42-49,51,63-66,68-69H,14-17,22-28,31H2,1-13H3/t32-,33-,34+,35-,36-,37+,42+,43-,44-,45?,46-,47-,48+,49-,51+,52-,53-,54-/m1/s1. The molecule has 1 aromatic carbocycles. The summed E-state index contributed by atoms with van der Waals surface area (Å²) in [4.78, 5) is 18.7. The van der Waals surface area contributed by atoms with Gasteiger partial charge in [-0.3, -0.25) is 9.48 Å². The predicted molar refractivity (Wildman–Crippen MR) is 276 cm³/mol. The number of aliphatic hydroxyl groups is 6. The second-order valence-corrected chi connectivity index (χ2v) is 22.9. The van der Waals surface area contributed by atoms with E-state index < -0.39 is 95.6 Å². The average Bonchev–Trinajstić information content (AvgIpc) is 4.04. The summed E-state index contributed by atoms with van der Waals surface area (Å²) in [7, 11) is 5.35. The first-order chi connectivity index (χ1) is 34.8. The topological polar surface area (TPSA) is 252 Å². The minimum absolute atomic E-state index is 0.153. The molecule has 3 aliphatic rings. The molecule has 3 fully saturated rings. The second kappa shape index (κ2) is 25.3. The molecule has 0 aliphatic carbocycles. The molecule has 20 nitrogen and oxygen atoms in total. The minimum Gasteiger partial charge on any atom is -0.459 e. The zero-order chi connectivity index (χ0) is 54.4. The van der Waals surface area contributed by atoms with E-state index in [0.29, 0.717) is 31.6 Å². The number of unbranched alkanes of at least 4 members (excludes halogenated alkanes) is 1. The fourth-order valence-electron chi connectivity index (χ4n) is 12.1. The van der Waals surface area contributed by atoms with Gasteiger partial charge in [-0.1, -0.05) is 50.3 Å². The van der Waals surface area contributed by atoms with Gasteiger partial charge in [0.05, 0.1) is 65.7 Å². The van der Waals surface area contributed by atoms with E-state index in [4.69, 9.17) is 23.7 Å². The Hall–Kier alpha value is -3.51. The van der Waals surface area contributed by atoms with Gasteiger partial charge in [-0.15, -0.1) is 10.2 Å². The van der Waals surface area contributed by atoms with Crippen LogP contribution < -0.4 is 0 Å². The fourth-order valence-corrected chi connectivity index (χ4v) is 12.1. The molecule has 3 saturated heterocycles. The van der Waals surface area contributed by atoms with Crippen molar-refractivity contribution in [3.05, 3.63) is 53.6 Å². The molecule has 3 aliphatic heterocycles. The Balaban J connectivity index is 1.18. The van der Waals surface area contributed by atoms with E-state index in [1.807, 2.05) is 76.6 Å². The van der Waals surface area contributed by atoms with Crippen molar-refractivity contribution in [3.8, 4) is 5.69 Å². The molecule has 20 heteroatoms. The largest absolute Gasteiger partial charge is 0.459 e. The number of hydrogen-bond donors (Lipinski definition) is 6. The smallest absolute Gasteiger partial charge is 0.309 e. The second-order valence-electron chi connectivity index (χ2n) is 22.9. The SMILES string of the molecule is CC[C@H]1OC(=O)[C@H](C)C([C@H]2C[C@@](C)(OC)[C@@H](O)[C@H](C)O2)[C@H](C)[C@@H](O[C@@H]2O[C@H](C)C[C@H](N(C)CCc3cn(CCCCc4ccc(-n5cc(CO)nn5)cc4)nn3)[C@H]2O)[C@](C)(O)C[C@@H](C)CN(C)[C@H](C)[C@@H](O)[C@]1(C)O. The number of nitrogens with zero attached hydrogens (tertiary/aromatic N) is 8. The molecule has 0 radical (unpaired) electrons. The lowest BCUT2D eigenvalue weighted by Gasteiger charge is -2.51. The maximum absolute atomic E-state index is 14.6. The number of carbonyl (C=O) groups is 1. The molecule has 1 unspecified atom stereocenters. The normalized spacial score (nSPS) is 38.4. The van der Waals surface area contributed by atoms with Gasteiger partial charge >= 0.3 is 5.97 Å². The Bertz CT molecular complexity index is 2210. The number of benzene rings is 1. The van der Waals surface area contributed by atoms with Gasteiger partial charge in [-0.05, 0) is 124 Å². The first-order valence-corrected chi connectivity index (χ1v) is 27.0. The molecule has 0 amide bonds. The van der Waals surface area contributed by atoms with Gasteiger partial charge in [-0.2, -0.15) is 0 Å². The monoisotopic (exact) mass is 1040 g/mol. The summed E-state index contributed by atoms with van der Waals surface area (Å²) in [5.41, 5.74) is -1.00. The van der Waals surface area contributed by atoms with Crippen molar-refractivity contribution < 1.29 is 59.1 Å². The lowest BCUT2D eigenvalue weighted by Crippen LogP contribution is -2.62. The number of likely N-dealkylation sites (N-methyl/N-ethyl adjacent to an activating group) is 2. The van der Waals surface area contributed by atoms with Gasteiger partial charge in [0.1, 0.15) is 35.7 Å². The zero-order valence-corrected chi connectivity index (χ0v) is 46.3. The third-order valence-corrected chi connectivity index (χ3v) is 16.8.